The molecule has 7 nitrogen and oxygen atoms in total. The van der Waals surface area contributed by atoms with E-state index in [1.807, 2.05) is 0 Å². The molecule has 0 spiro atoms. The van der Waals surface area contributed by atoms with Gasteiger partial charge in [-0.05, 0) is 14.0 Å². The van der Waals surface area contributed by atoms with Gasteiger partial charge in [-0.25, -0.2) is 0 Å². The van der Waals surface area contributed by atoms with Crippen LogP contribution in [-0.2, 0) is 13.7 Å². The third-order valence-electron chi connectivity index (χ3n) is 1.04. The second-order valence-corrected chi connectivity index (χ2v) is 6.06. The second kappa shape index (κ2) is 13.8. The zero-order valence-electron chi connectivity index (χ0n) is 9.78. The first-order chi connectivity index (χ1) is 5.72. The van der Waals surface area contributed by atoms with E-state index >= 15 is 0 Å². The van der Waals surface area contributed by atoms with E-state index in [1.54, 1.807) is 6.92 Å². The summed E-state index contributed by atoms with van der Waals surface area (Å²) in [6, 6.07) is 0. The first-order valence-electron chi connectivity index (χ1n) is 3.37. The van der Waals surface area contributed by atoms with Gasteiger partial charge >= 0.3 is 154 Å². The molecular formula is C4H9K3O7P2. The van der Waals surface area contributed by atoms with Gasteiger partial charge in [-0.15, -0.1) is 0 Å². The Bertz CT molecular complexity index is 256. The van der Waals surface area contributed by atoms with Crippen LogP contribution in [-0.4, -0.2) is 17.3 Å². The van der Waals surface area contributed by atoms with E-state index in [1.165, 1.54) is 0 Å². The van der Waals surface area contributed by atoms with Crippen molar-refractivity contribution in [3.05, 3.63) is 0 Å². The molecule has 0 rings (SSSR count). The maximum absolute atomic E-state index is 10.7. The zero-order chi connectivity index (χ0) is 10.7. The molecule has 0 aromatic heterocycles. The number of hydrogen-bond donors (Lipinski definition) is 1. The molecule has 0 radical (unpaired) electrons. The van der Waals surface area contributed by atoms with E-state index in [4.69, 9.17) is 5.11 Å². The van der Waals surface area contributed by atoms with Crippen LogP contribution in [0.25, 0.3) is 0 Å². The minimum Gasteiger partial charge on any atom is -0.809 e. The van der Waals surface area contributed by atoms with Crippen LogP contribution in [0.3, 0.4) is 0 Å². The molecular weight excluding hydrogens is 339 g/mol. The third kappa shape index (κ3) is 12.9. The number of rotatable bonds is 5. The van der Waals surface area contributed by atoms with Crippen molar-refractivity contribution in [3.63, 3.8) is 0 Å². The van der Waals surface area contributed by atoms with Crippen LogP contribution >= 0.6 is 15.2 Å². The summed E-state index contributed by atoms with van der Waals surface area (Å²) in [6.45, 7) is 1.32. The predicted molar refractivity (Wildman–Crippen MR) is 37.5 cm³/mol. The molecule has 0 aromatic rings. The Morgan fingerprint density at radius 1 is 1.19 bits per heavy atom. The fraction of sp³-hybridized carbons (Fsp3) is 1.00. The van der Waals surface area contributed by atoms with Gasteiger partial charge in [-0.3, -0.25) is 0 Å². The number of aliphatic hydroxyl groups is 1. The van der Waals surface area contributed by atoms with Crippen molar-refractivity contribution >= 4 is 15.2 Å². The Labute approximate surface area is 222 Å². The fourth-order valence-corrected chi connectivity index (χ4v) is 2.61. The minimum atomic E-state index is -5.56. The molecule has 2 unspecified atom stereocenters. The number of aliphatic hydroxyl groups excluding tert-OH is 1. The van der Waals surface area contributed by atoms with Crippen LogP contribution < -0.4 is 169 Å². The average Bonchev–Trinajstić information content (AvgIpc) is 1.98. The topological polar surface area (TPSA) is 133 Å². The van der Waals surface area contributed by atoms with Crippen molar-refractivity contribution in [1.82, 2.24) is 0 Å². The van der Waals surface area contributed by atoms with Gasteiger partial charge in [-0.1, -0.05) is 6.92 Å². The van der Waals surface area contributed by atoms with Crippen molar-refractivity contribution in [3.8, 4) is 0 Å². The summed E-state index contributed by atoms with van der Waals surface area (Å²) in [5.41, 5.74) is -2.99. The Hall–Kier alpha value is 5.17. The fourth-order valence-electron chi connectivity index (χ4n) is 0.458. The molecule has 0 saturated heterocycles. The summed E-state index contributed by atoms with van der Waals surface area (Å²) in [5, 5.41) is 8.55. The molecule has 2 atom stereocenters. The molecule has 0 aliphatic rings. The van der Waals surface area contributed by atoms with Crippen molar-refractivity contribution in [2.24, 2.45) is 0 Å². The molecule has 0 aromatic carbocycles. The summed E-state index contributed by atoms with van der Waals surface area (Å²) in [6.07, 6.45) is 0.320. The van der Waals surface area contributed by atoms with Crippen molar-refractivity contribution in [1.29, 1.82) is 0 Å². The van der Waals surface area contributed by atoms with Crippen LogP contribution in [0.2, 0.25) is 0 Å². The van der Waals surface area contributed by atoms with Crippen LogP contribution in [0.4, 0.5) is 0 Å². The van der Waals surface area contributed by atoms with E-state index in [2.05, 4.69) is 4.52 Å². The second-order valence-electron chi connectivity index (χ2n) is 2.26. The summed E-state index contributed by atoms with van der Waals surface area (Å²) in [5.74, 6) is 0. The monoisotopic (exact) mass is 348 g/mol. The Balaban J connectivity index is -0.000000240. The standard InChI is InChI=1S/C4H12O7P2.3K/c1-2-3-11-13(9,10)4(5)12(6,7)8;;;/h4-5H,2-3H2,1H3,(H,9,10)(H2,6,7,8);;;/q;3*+1/p-3. The Kier molecular flexibility index (Phi) is 25.2. The van der Waals surface area contributed by atoms with Crippen molar-refractivity contribution in [2.75, 3.05) is 6.61 Å². The summed E-state index contributed by atoms with van der Waals surface area (Å²) in [4.78, 5) is 30.9. The molecule has 0 aliphatic carbocycles. The van der Waals surface area contributed by atoms with Crippen molar-refractivity contribution < 1.29 is 188 Å². The smallest absolute Gasteiger partial charge is 0.809 e. The van der Waals surface area contributed by atoms with Gasteiger partial charge in [0.05, 0.1) is 6.61 Å². The van der Waals surface area contributed by atoms with Gasteiger partial charge < -0.3 is 33.4 Å². The molecule has 16 heavy (non-hydrogen) atoms. The van der Waals surface area contributed by atoms with E-state index in [0.717, 1.165) is 0 Å². The summed E-state index contributed by atoms with van der Waals surface area (Å²) in [7, 11) is -10.6. The molecule has 0 amide bonds. The maximum Gasteiger partial charge on any atom is 1.00 e. The van der Waals surface area contributed by atoms with Crippen molar-refractivity contribution in [2.45, 2.75) is 18.9 Å². The van der Waals surface area contributed by atoms with Gasteiger partial charge in [0.2, 0.25) is 0 Å². The van der Waals surface area contributed by atoms with E-state index in [9.17, 15) is 23.8 Å². The average molecular weight is 348 g/mol. The zero-order valence-corrected chi connectivity index (χ0v) is 20.9. The quantitative estimate of drug-likeness (QED) is 0.385. The molecule has 12 heteroatoms. The molecule has 1 N–H and O–H groups in total. The van der Waals surface area contributed by atoms with Crippen LogP contribution in [0.1, 0.15) is 13.3 Å². The van der Waals surface area contributed by atoms with Crippen LogP contribution in [0, 0.1) is 0 Å². The molecule has 0 saturated carbocycles. The van der Waals surface area contributed by atoms with Gasteiger partial charge in [0.25, 0.3) is 0 Å². The molecule has 0 bridgehead atoms. The van der Waals surface area contributed by atoms with E-state index < -0.39 is 20.8 Å². The minimum absolute atomic E-state index is 0. The normalized spacial score (nSPS) is 15.8. The van der Waals surface area contributed by atoms with Gasteiger partial charge in [0.15, 0.2) is 7.60 Å². The molecule has 0 aliphatic heterocycles. The first-order valence-corrected chi connectivity index (χ1v) is 6.59. The molecule has 0 fully saturated rings. The Morgan fingerprint density at radius 3 is 1.81 bits per heavy atom. The summed E-state index contributed by atoms with van der Waals surface area (Å²) >= 11 is 0. The SMILES string of the molecule is CCCOP(=O)([O-])C(O)P(=O)([O-])[O-].[K+].[K+].[K+]. The van der Waals surface area contributed by atoms with E-state index in [0.29, 0.717) is 6.42 Å². The molecule has 80 valence electrons. The van der Waals surface area contributed by atoms with Gasteiger partial charge in [-0.2, -0.15) is 0 Å². The molecule has 0 heterocycles. The van der Waals surface area contributed by atoms with Gasteiger partial charge in [0.1, 0.15) is 5.59 Å². The number of hydrogen-bond acceptors (Lipinski definition) is 7. The summed E-state index contributed by atoms with van der Waals surface area (Å²) < 4.78 is 24.9. The Morgan fingerprint density at radius 2 is 1.56 bits per heavy atom. The van der Waals surface area contributed by atoms with E-state index in [-0.39, 0.29) is 161 Å². The van der Waals surface area contributed by atoms with Gasteiger partial charge in [0, 0.05) is 0 Å². The largest absolute Gasteiger partial charge is 1.00 e. The first kappa shape index (κ1) is 29.2. The van der Waals surface area contributed by atoms with Crippen LogP contribution in [0.5, 0.6) is 0 Å². The maximum atomic E-state index is 10.7. The third-order valence-corrected chi connectivity index (χ3v) is 4.41. The van der Waals surface area contributed by atoms with Crippen LogP contribution in [0.15, 0.2) is 0 Å². The predicted octanol–water partition coefficient (Wildman–Crippen LogP) is -10.8.